The van der Waals surface area contributed by atoms with Crippen molar-refractivity contribution in [2.24, 2.45) is 0 Å². The Morgan fingerprint density at radius 3 is 2.34 bits per heavy atom. The number of hydrogen-bond acceptors (Lipinski definition) is 4. The molecule has 0 unspecified atom stereocenters. The number of nitrogens with one attached hydrogen (secondary N) is 2. The Morgan fingerprint density at radius 1 is 1.07 bits per heavy atom. The van der Waals surface area contributed by atoms with Gasteiger partial charge in [0.1, 0.15) is 11.4 Å². The zero-order chi connectivity index (χ0) is 21.3. The van der Waals surface area contributed by atoms with Gasteiger partial charge >= 0.3 is 6.09 Å². The van der Waals surface area contributed by atoms with E-state index in [9.17, 15) is 14.3 Å². The van der Waals surface area contributed by atoms with Gasteiger partial charge < -0.3 is 20.5 Å². The van der Waals surface area contributed by atoms with Crippen LogP contribution in [0.4, 0.5) is 9.18 Å². The fraction of sp³-hybridized carbons (Fsp3) is 0.435. The normalized spacial score (nSPS) is 13.6. The Morgan fingerprint density at radius 2 is 1.72 bits per heavy atom. The average Bonchev–Trinajstić information content (AvgIpc) is 2.65. The number of aliphatic hydroxyl groups excluding tert-OH is 1. The second-order valence-electron chi connectivity index (χ2n) is 8.09. The average molecular weight is 403 g/mol. The molecular formula is C23H31FN2O3. The lowest BCUT2D eigenvalue weighted by atomic mass is 10.0. The summed E-state index contributed by atoms with van der Waals surface area (Å²) in [6.45, 7) is 6.34. The largest absolute Gasteiger partial charge is 0.444 e. The van der Waals surface area contributed by atoms with Crippen LogP contribution in [0.1, 0.15) is 31.9 Å². The Bertz CT molecular complexity index is 745. The van der Waals surface area contributed by atoms with Gasteiger partial charge in [0.25, 0.3) is 0 Å². The molecule has 2 rings (SSSR count). The van der Waals surface area contributed by atoms with E-state index in [4.69, 9.17) is 4.74 Å². The van der Waals surface area contributed by atoms with Crippen molar-refractivity contribution in [1.29, 1.82) is 0 Å². The van der Waals surface area contributed by atoms with Crippen LogP contribution in [0.25, 0.3) is 0 Å². The summed E-state index contributed by atoms with van der Waals surface area (Å²) in [5.74, 6) is -0.255. The van der Waals surface area contributed by atoms with Gasteiger partial charge in [-0.25, -0.2) is 9.18 Å². The zero-order valence-electron chi connectivity index (χ0n) is 17.3. The van der Waals surface area contributed by atoms with Crippen LogP contribution in [0, 0.1) is 5.82 Å². The lowest BCUT2D eigenvalue weighted by Crippen LogP contribution is -2.50. The highest BCUT2D eigenvalue weighted by Gasteiger charge is 2.24. The fourth-order valence-electron chi connectivity index (χ4n) is 2.89. The Labute approximate surface area is 172 Å². The predicted molar refractivity (Wildman–Crippen MR) is 112 cm³/mol. The van der Waals surface area contributed by atoms with Crippen LogP contribution in [0.15, 0.2) is 54.6 Å². The molecule has 0 spiro atoms. The molecule has 0 heterocycles. The summed E-state index contributed by atoms with van der Waals surface area (Å²) in [6.07, 6.45) is -0.142. The number of alkyl carbamates (subject to hydrolysis) is 1. The molecule has 0 aliphatic heterocycles. The van der Waals surface area contributed by atoms with Crippen molar-refractivity contribution in [1.82, 2.24) is 10.6 Å². The SMILES string of the molecule is CC(C)(C)OC(=O)N[C@@H](Cc1ccccc1)[C@H](O)CNCCc1ccc(F)cc1. The van der Waals surface area contributed by atoms with Crippen molar-refractivity contribution in [2.75, 3.05) is 13.1 Å². The molecule has 5 nitrogen and oxygen atoms in total. The van der Waals surface area contributed by atoms with Gasteiger partial charge in [-0.3, -0.25) is 0 Å². The van der Waals surface area contributed by atoms with Crippen molar-refractivity contribution in [2.45, 2.75) is 51.4 Å². The molecule has 158 valence electrons. The van der Waals surface area contributed by atoms with Crippen LogP contribution < -0.4 is 10.6 Å². The van der Waals surface area contributed by atoms with Crippen molar-refractivity contribution in [3.05, 3.63) is 71.5 Å². The third kappa shape index (κ3) is 9.07. The van der Waals surface area contributed by atoms with Gasteiger partial charge in [0.15, 0.2) is 0 Å². The summed E-state index contributed by atoms with van der Waals surface area (Å²) < 4.78 is 18.3. The first kappa shape index (κ1) is 22.8. The second kappa shape index (κ2) is 10.9. The number of carbonyl (C=O) groups is 1. The van der Waals surface area contributed by atoms with Crippen LogP contribution in [0.2, 0.25) is 0 Å². The minimum absolute atomic E-state index is 0.255. The van der Waals surface area contributed by atoms with E-state index in [-0.39, 0.29) is 5.82 Å². The first-order valence-electron chi connectivity index (χ1n) is 9.89. The van der Waals surface area contributed by atoms with Crippen molar-refractivity contribution < 1.29 is 19.0 Å². The van der Waals surface area contributed by atoms with Gasteiger partial charge in [-0.2, -0.15) is 0 Å². The Kier molecular flexibility index (Phi) is 8.61. The predicted octanol–water partition coefficient (Wildman–Crippen LogP) is 3.45. The highest BCUT2D eigenvalue weighted by Crippen LogP contribution is 2.10. The number of halogens is 1. The number of carbonyl (C=O) groups excluding carboxylic acids is 1. The van der Waals surface area contributed by atoms with Gasteiger partial charge in [0.05, 0.1) is 12.1 Å². The number of hydrogen-bond donors (Lipinski definition) is 3. The van der Waals surface area contributed by atoms with Crippen molar-refractivity contribution in [3.63, 3.8) is 0 Å². The molecule has 0 aromatic heterocycles. The van der Waals surface area contributed by atoms with E-state index in [0.717, 1.165) is 17.5 Å². The number of ether oxygens (including phenoxy) is 1. The minimum Gasteiger partial charge on any atom is -0.444 e. The smallest absolute Gasteiger partial charge is 0.407 e. The maximum atomic E-state index is 13.0. The molecule has 1 amide bonds. The number of benzene rings is 2. The molecule has 0 saturated carbocycles. The molecule has 2 aromatic rings. The molecule has 2 atom stereocenters. The van der Waals surface area contributed by atoms with Crippen LogP contribution in [0.3, 0.4) is 0 Å². The molecule has 0 aliphatic carbocycles. The molecule has 0 aliphatic rings. The number of aliphatic hydroxyl groups is 1. The van der Waals surface area contributed by atoms with E-state index < -0.39 is 23.8 Å². The molecule has 0 bridgehead atoms. The molecule has 2 aromatic carbocycles. The maximum absolute atomic E-state index is 13.0. The van der Waals surface area contributed by atoms with Gasteiger partial charge in [-0.1, -0.05) is 42.5 Å². The standard InChI is InChI=1S/C23H31FN2O3/c1-23(2,3)29-22(28)26-20(15-18-7-5-4-6-8-18)21(27)16-25-14-13-17-9-11-19(24)12-10-17/h4-12,20-21,25,27H,13-16H2,1-3H3,(H,26,28)/t20-,21+/m0/s1. The van der Waals surface area contributed by atoms with Crippen LogP contribution in [0.5, 0.6) is 0 Å². The van der Waals surface area contributed by atoms with E-state index >= 15 is 0 Å². The fourth-order valence-corrected chi connectivity index (χ4v) is 2.89. The lowest BCUT2D eigenvalue weighted by molar-refractivity contribution is 0.0423. The molecule has 0 fully saturated rings. The molecule has 0 saturated heterocycles. The van der Waals surface area contributed by atoms with Gasteiger partial charge in [-0.15, -0.1) is 0 Å². The summed E-state index contributed by atoms with van der Waals surface area (Å²) >= 11 is 0. The van der Waals surface area contributed by atoms with E-state index in [0.29, 0.717) is 19.5 Å². The highest BCUT2D eigenvalue weighted by atomic mass is 19.1. The molecule has 6 heteroatoms. The molecule has 0 radical (unpaired) electrons. The Hall–Kier alpha value is -2.44. The van der Waals surface area contributed by atoms with Crippen LogP contribution in [-0.2, 0) is 17.6 Å². The second-order valence-corrected chi connectivity index (χ2v) is 8.09. The topological polar surface area (TPSA) is 70.6 Å². The van der Waals surface area contributed by atoms with Gasteiger partial charge in [0, 0.05) is 6.54 Å². The van der Waals surface area contributed by atoms with Gasteiger partial charge in [-0.05, 0) is 63.4 Å². The zero-order valence-corrected chi connectivity index (χ0v) is 17.3. The summed E-state index contributed by atoms with van der Waals surface area (Å²) in [5.41, 5.74) is 1.42. The highest BCUT2D eigenvalue weighted by molar-refractivity contribution is 5.68. The molecular weight excluding hydrogens is 371 g/mol. The lowest BCUT2D eigenvalue weighted by Gasteiger charge is -2.27. The summed E-state index contributed by atoms with van der Waals surface area (Å²) in [7, 11) is 0. The third-order valence-electron chi connectivity index (χ3n) is 4.32. The van der Waals surface area contributed by atoms with Gasteiger partial charge in [0.2, 0.25) is 0 Å². The van der Waals surface area contributed by atoms with Crippen molar-refractivity contribution >= 4 is 6.09 Å². The molecule has 3 N–H and O–H groups in total. The Balaban J connectivity index is 1.89. The molecule has 29 heavy (non-hydrogen) atoms. The van der Waals surface area contributed by atoms with E-state index in [2.05, 4.69) is 10.6 Å². The van der Waals surface area contributed by atoms with E-state index in [1.54, 1.807) is 32.9 Å². The summed E-state index contributed by atoms with van der Waals surface area (Å²) in [4.78, 5) is 12.2. The first-order chi connectivity index (χ1) is 13.7. The van der Waals surface area contributed by atoms with Crippen molar-refractivity contribution in [3.8, 4) is 0 Å². The summed E-state index contributed by atoms with van der Waals surface area (Å²) in [6, 6.07) is 15.6. The quantitative estimate of drug-likeness (QED) is 0.562. The van der Waals surface area contributed by atoms with E-state index in [1.165, 1.54) is 12.1 Å². The summed E-state index contributed by atoms with van der Waals surface area (Å²) in [5, 5.41) is 16.7. The third-order valence-corrected chi connectivity index (χ3v) is 4.32. The maximum Gasteiger partial charge on any atom is 0.407 e. The first-order valence-corrected chi connectivity index (χ1v) is 9.89. The van der Waals surface area contributed by atoms with Crippen LogP contribution >= 0.6 is 0 Å². The van der Waals surface area contributed by atoms with Crippen LogP contribution in [-0.4, -0.2) is 42.0 Å². The number of amides is 1. The number of rotatable bonds is 9. The minimum atomic E-state index is -0.795. The monoisotopic (exact) mass is 402 g/mol. The van der Waals surface area contributed by atoms with E-state index in [1.807, 2.05) is 30.3 Å².